The number of fused-ring (bicyclic) bond motifs is 2. The van der Waals surface area contributed by atoms with Crippen molar-refractivity contribution in [3.8, 4) is 17.6 Å². The molecule has 2 aromatic heterocycles. The molecule has 0 radical (unpaired) electrons. The highest BCUT2D eigenvalue weighted by molar-refractivity contribution is 5.94. The van der Waals surface area contributed by atoms with Gasteiger partial charge in [-0.05, 0) is 49.5 Å². The molecule has 2 aliphatic rings. The van der Waals surface area contributed by atoms with Gasteiger partial charge in [-0.3, -0.25) is 0 Å². The summed E-state index contributed by atoms with van der Waals surface area (Å²) in [5, 5.41) is 16.9. The predicted molar refractivity (Wildman–Crippen MR) is 132 cm³/mol. The summed E-state index contributed by atoms with van der Waals surface area (Å²) in [5.41, 5.74) is 11.3. The molecule has 1 aliphatic carbocycles. The fourth-order valence-corrected chi connectivity index (χ4v) is 4.49. The van der Waals surface area contributed by atoms with Gasteiger partial charge in [0.25, 0.3) is 0 Å². The number of nitrogens with one attached hydrogen (secondary N) is 3. The minimum atomic E-state index is 0.402. The molecule has 9 heteroatoms. The van der Waals surface area contributed by atoms with Crippen molar-refractivity contribution >= 4 is 33.9 Å². The Labute approximate surface area is 197 Å². The Morgan fingerprint density at radius 1 is 1.24 bits per heavy atom. The van der Waals surface area contributed by atoms with Crippen molar-refractivity contribution in [2.45, 2.75) is 25.7 Å². The van der Waals surface area contributed by atoms with Crippen molar-refractivity contribution in [2.75, 3.05) is 32.1 Å². The molecule has 0 spiro atoms. The lowest BCUT2D eigenvalue weighted by Crippen LogP contribution is -2.19. The predicted octanol–water partition coefficient (Wildman–Crippen LogP) is 3.82. The number of ether oxygens (including phenoxy) is 2. The van der Waals surface area contributed by atoms with Crippen LogP contribution in [0.5, 0.6) is 11.5 Å². The van der Waals surface area contributed by atoms with Gasteiger partial charge >= 0.3 is 0 Å². The number of allylic oxidation sites excluding steroid dienone is 2. The molecule has 0 bridgehead atoms. The Hall–Kier alpha value is -4.03. The monoisotopic (exact) mass is 457 g/mol. The molecular formula is C25H27N7O2. The molecule has 0 amide bonds. The summed E-state index contributed by atoms with van der Waals surface area (Å²) in [5.74, 6) is 1.68. The number of H-pyrrole nitrogens is 1. The van der Waals surface area contributed by atoms with E-state index in [0.29, 0.717) is 54.1 Å². The molecule has 0 saturated carbocycles. The summed E-state index contributed by atoms with van der Waals surface area (Å²) < 4.78 is 12.0. The van der Waals surface area contributed by atoms with Crippen LogP contribution in [-0.4, -0.2) is 41.8 Å². The Morgan fingerprint density at radius 3 is 2.82 bits per heavy atom. The van der Waals surface area contributed by atoms with E-state index >= 15 is 0 Å². The van der Waals surface area contributed by atoms with Crippen LogP contribution in [0.4, 0.5) is 11.6 Å². The molecule has 9 nitrogen and oxygen atoms in total. The highest BCUT2D eigenvalue weighted by atomic mass is 16.6. The van der Waals surface area contributed by atoms with Crippen LogP contribution in [0, 0.1) is 11.3 Å². The number of benzene rings is 1. The molecule has 3 aromatic rings. The zero-order chi connectivity index (χ0) is 23.5. The SMILES string of the molecule is CN/C(=C\CN)c1ccc(Nc2nc(C3=CCCCC3)c3c(C#N)c[nH]c3n2)c2c1OCCO2. The molecule has 0 saturated heterocycles. The number of hydrogen-bond acceptors (Lipinski definition) is 8. The van der Waals surface area contributed by atoms with Crippen molar-refractivity contribution in [2.24, 2.45) is 5.73 Å². The smallest absolute Gasteiger partial charge is 0.229 e. The van der Waals surface area contributed by atoms with Gasteiger partial charge in [-0.25, -0.2) is 4.98 Å². The average molecular weight is 458 g/mol. The highest BCUT2D eigenvalue weighted by Gasteiger charge is 2.24. The summed E-state index contributed by atoms with van der Waals surface area (Å²) in [4.78, 5) is 12.6. The van der Waals surface area contributed by atoms with Gasteiger partial charge in [0.15, 0.2) is 11.5 Å². The van der Waals surface area contributed by atoms with Crippen LogP contribution < -0.4 is 25.8 Å². The first-order valence-electron chi connectivity index (χ1n) is 11.5. The third kappa shape index (κ3) is 3.93. The molecule has 34 heavy (non-hydrogen) atoms. The number of nitrogens with two attached hydrogens (primary N) is 1. The number of rotatable bonds is 6. The van der Waals surface area contributed by atoms with Crippen molar-refractivity contribution in [1.82, 2.24) is 20.3 Å². The van der Waals surface area contributed by atoms with E-state index in [-0.39, 0.29) is 0 Å². The molecule has 3 heterocycles. The van der Waals surface area contributed by atoms with Gasteiger partial charge in [-0.15, -0.1) is 0 Å². The molecule has 5 N–H and O–H groups in total. The van der Waals surface area contributed by atoms with Gasteiger partial charge in [-0.2, -0.15) is 10.2 Å². The normalized spacial score (nSPS) is 15.6. The van der Waals surface area contributed by atoms with Gasteiger partial charge in [0.2, 0.25) is 5.95 Å². The zero-order valence-electron chi connectivity index (χ0n) is 19.1. The summed E-state index contributed by atoms with van der Waals surface area (Å²) in [7, 11) is 1.85. The molecule has 1 aliphatic heterocycles. The lowest BCUT2D eigenvalue weighted by molar-refractivity contribution is 0.172. The van der Waals surface area contributed by atoms with E-state index in [1.807, 2.05) is 25.3 Å². The van der Waals surface area contributed by atoms with Crippen LogP contribution in [-0.2, 0) is 0 Å². The van der Waals surface area contributed by atoms with E-state index < -0.39 is 0 Å². The van der Waals surface area contributed by atoms with Crippen molar-refractivity contribution < 1.29 is 9.47 Å². The van der Waals surface area contributed by atoms with Crippen molar-refractivity contribution in [1.29, 1.82) is 5.26 Å². The summed E-state index contributed by atoms with van der Waals surface area (Å²) in [6.45, 7) is 1.31. The van der Waals surface area contributed by atoms with Crippen LogP contribution in [0.15, 0.2) is 30.5 Å². The molecule has 0 fully saturated rings. The Balaban J connectivity index is 1.59. The second-order valence-corrected chi connectivity index (χ2v) is 8.15. The summed E-state index contributed by atoms with van der Waals surface area (Å²) in [6.07, 6.45) is 10.0. The molecule has 174 valence electrons. The van der Waals surface area contributed by atoms with Gasteiger partial charge in [0.1, 0.15) is 24.9 Å². The Morgan fingerprint density at radius 2 is 2.09 bits per heavy atom. The van der Waals surface area contributed by atoms with Crippen LogP contribution in [0.3, 0.4) is 0 Å². The summed E-state index contributed by atoms with van der Waals surface area (Å²) >= 11 is 0. The van der Waals surface area contributed by atoms with Gasteiger partial charge in [0, 0.05) is 31.0 Å². The van der Waals surface area contributed by atoms with Crippen LogP contribution in [0.1, 0.15) is 42.5 Å². The first kappa shape index (κ1) is 21.8. The van der Waals surface area contributed by atoms with Gasteiger partial charge in [-0.1, -0.05) is 6.08 Å². The first-order valence-corrected chi connectivity index (χ1v) is 11.5. The first-order chi connectivity index (χ1) is 16.7. The third-order valence-electron chi connectivity index (χ3n) is 6.06. The minimum Gasteiger partial charge on any atom is -0.485 e. The maximum absolute atomic E-state index is 9.60. The van der Waals surface area contributed by atoms with E-state index in [9.17, 15) is 5.26 Å². The van der Waals surface area contributed by atoms with Crippen LogP contribution >= 0.6 is 0 Å². The number of nitriles is 1. The number of hydrogen-bond donors (Lipinski definition) is 4. The van der Waals surface area contributed by atoms with E-state index in [2.05, 4.69) is 32.7 Å². The maximum Gasteiger partial charge on any atom is 0.229 e. The molecule has 0 unspecified atom stereocenters. The quantitative estimate of drug-likeness (QED) is 0.439. The van der Waals surface area contributed by atoms with Crippen molar-refractivity contribution in [3.63, 3.8) is 0 Å². The fourth-order valence-electron chi connectivity index (χ4n) is 4.49. The van der Waals surface area contributed by atoms with Crippen LogP contribution in [0.25, 0.3) is 22.3 Å². The Bertz CT molecular complexity index is 1330. The van der Waals surface area contributed by atoms with E-state index in [0.717, 1.165) is 47.2 Å². The standard InChI is InChI=1S/C25H27N7O2/c1-28-18(9-10-26)17-7-8-19(23-22(17)33-11-12-34-23)30-25-31-21(15-5-3-2-4-6-15)20-16(13-27)14-29-24(20)32-25/h5,7-9,14,28H,2-4,6,10-12,26H2,1H3,(H2,29,30,31,32)/b18-9-. The number of anilines is 2. The number of aromatic amines is 1. The minimum absolute atomic E-state index is 0.402. The number of nitrogens with zero attached hydrogens (tertiary/aromatic N) is 3. The topological polar surface area (TPSA) is 134 Å². The second kappa shape index (κ2) is 9.45. The Kier molecular flexibility index (Phi) is 6.06. The van der Waals surface area contributed by atoms with E-state index in [4.69, 9.17) is 20.2 Å². The summed E-state index contributed by atoms with van der Waals surface area (Å²) in [6, 6.07) is 6.14. The lowest BCUT2D eigenvalue weighted by Gasteiger charge is -2.24. The van der Waals surface area contributed by atoms with Gasteiger partial charge < -0.3 is 30.8 Å². The third-order valence-corrected chi connectivity index (χ3v) is 6.06. The zero-order valence-corrected chi connectivity index (χ0v) is 19.1. The van der Waals surface area contributed by atoms with E-state index in [1.165, 1.54) is 6.42 Å². The lowest BCUT2D eigenvalue weighted by atomic mass is 9.95. The maximum atomic E-state index is 9.60. The number of aromatic nitrogens is 3. The molecule has 5 rings (SSSR count). The largest absolute Gasteiger partial charge is 0.485 e. The van der Waals surface area contributed by atoms with E-state index in [1.54, 1.807) is 6.20 Å². The average Bonchev–Trinajstić information content (AvgIpc) is 3.31. The second-order valence-electron chi connectivity index (χ2n) is 8.15. The molecule has 0 atom stereocenters. The highest BCUT2D eigenvalue weighted by Crippen LogP contribution is 2.43. The van der Waals surface area contributed by atoms with Crippen molar-refractivity contribution in [3.05, 3.63) is 47.3 Å². The fraction of sp³-hybridized carbons (Fsp3) is 0.320. The molecular weight excluding hydrogens is 430 g/mol. The molecule has 1 aromatic carbocycles. The van der Waals surface area contributed by atoms with Gasteiger partial charge in [0.05, 0.1) is 22.3 Å². The van der Waals surface area contributed by atoms with Crippen LogP contribution in [0.2, 0.25) is 0 Å².